The van der Waals surface area contributed by atoms with Crippen LogP contribution in [-0.2, 0) is 12.4 Å². The normalized spacial score (nSPS) is 13.4. The van der Waals surface area contributed by atoms with E-state index in [1.807, 2.05) is 0 Å². The molecule has 0 spiro atoms. The summed E-state index contributed by atoms with van der Waals surface area (Å²) < 4.78 is 78.8. The molecule has 1 aromatic heterocycles. The van der Waals surface area contributed by atoms with Gasteiger partial charge in [-0.05, 0) is 25.5 Å². The van der Waals surface area contributed by atoms with Crippen molar-refractivity contribution >= 4 is 29.1 Å². The summed E-state index contributed by atoms with van der Waals surface area (Å²) in [5.74, 6) is -0.830. The zero-order chi connectivity index (χ0) is 20.4. The van der Waals surface area contributed by atoms with Gasteiger partial charge in [-0.2, -0.15) is 31.3 Å². The number of nitrogens with one attached hydrogen (secondary N) is 2. The first-order chi connectivity index (χ1) is 12.4. The molecule has 11 heteroatoms. The van der Waals surface area contributed by atoms with E-state index in [4.69, 9.17) is 11.6 Å². The molecule has 27 heavy (non-hydrogen) atoms. The third-order valence-corrected chi connectivity index (χ3v) is 3.89. The Labute approximate surface area is 156 Å². The van der Waals surface area contributed by atoms with Crippen molar-refractivity contribution in [2.24, 2.45) is 0 Å². The van der Waals surface area contributed by atoms with E-state index in [9.17, 15) is 26.3 Å². The maximum Gasteiger partial charge on any atom is 0.433 e. The highest BCUT2D eigenvalue weighted by Crippen LogP contribution is 2.40. The minimum atomic E-state index is -4.81. The van der Waals surface area contributed by atoms with Crippen LogP contribution in [0.2, 0.25) is 5.02 Å². The number of nitrogens with zero attached hydrogens (tertiary/aromatic N) is 2. The molecule has 1 aromatic carbocycles. The van der Waals surface area contributed by atoms with Crippen molar-refractivity contribution in [1.29, 1.82) is 0 Å². The zero-order valence-electron chi connectivity index (χ0n) is 14.1. The van der Waals surface area contributed by atoms with Crippen molar-refractivity contribution in [2.75, 3.05) is 10.6 Å². The van der Waals surface area contributed by atoms with Crippen LogP contribution in [-0.4, -0.2) is 16.0 Å². The number of anilines is 3. The van der Waals surface area contributed by atoms with Crippen LogP contribution in [0.25, 0.3) is 0 Å². The minimum absolute atomic E-state index is 0.243. The predicted molar refractivity (Wildman–Crippen MR) is 90.1 cm³/mol. The van der Waals surface area contributed by atoms with Crippen LogP contribution < -0.4 is 10.6 Å². The third-order valence-electron chi connectivity index (χ3n) is 3.58. The van der Waals surface area contributed by atoms with Gasteiger partial charge in [0, 0.05) is 12.1 Å². The molecular weight excluding hydrogens is 398 g/mol. The Kier molecular flexibility index (Phi) is 6.08. The minimum Gasteiger partial charge on any atom is -0.352 e. The third kappa shape index (κ3) is 5.38. The molecular formula is C16H15ClF6N4. The Morgan fingerprint density at radius 3 is 2.30 bits per heavy atom. The first-order valence-corrected chi connectivity index (χ1v) is 8.15. The maximum atomic E-state index is 13.2. The second-order valence-corrected chi connectivity index (χ2v) is 6.11. The second-order valence-electron chi connectivity index (χ2n) is 5.70. The van der Waals surface area contributed by atoms with Crippen molar-refractivity contribution < 1.29 is 26.3 Å². The van der Waals surface area contributed by atoms with Crippen LogP contribution in [0.1, 0.15) is 31.5 Å². The largest absolute Gasteiger partial charge is 0.433 e. The Morgan fingerprint density at radius 1 is 1.07 bits per heavy atom. The Balaban J connectivity index is 2.52. The first kappa shape index (κ1) is 21.1. The van der Waals surface area contributed by atoms with E-state index < -0.39 is 35.1 Å². The number of rotatable bonds is 5. The van der Waals surface area contributed by atoms with Gasteiger partial charge in [-0.1, -0.05) is 24.6 Å². The molecule has 0 amide bonds. The number of para-hydroxylation sites is 1. The quantitative estimate of drug-likeness (QED) is 0.581. The summed E-state index contributed by atoms with van der Waals surface area (Å²) in [5.41, 5.74) is -3.02. The van der Waals surface area contributed by atoms with Gasteiger partial charge >= 0.3 is 12.4 Å². The highest BCUT2D eigenvalue weighted by molar-refractivity contribution is 6.33. The molecule has 1 heterocycles. The smallest absolute Gasteiger partial charge is 0.352 e. The van der Waals surface area contributed by atoms with Crippen molar-refractivity contribution in [1.82, 2.24) is 9.97 Å². The summed E-state index contributed by atoms with van der Waals surface area (Å²) in [4.78, 5) is 7.22. The summed E-state index contributed by atoms with van der Waals surface area (Å²) in [6, 6.07) is 3.31. The Morgan fingerprint density at radius 2 is 1.74 bits per heavy atom. The van der Waals surface area contributed by atoms with Crippen LogP contribution in [0.5, 0.6) is 0 Å². The number of hydrogen-bond donors (Lipinski definition) is 2. The number of aromatic nitrogens is 2. The summed E-state index contributed by atoms with van der Waals surface area (Å²) in [6.07, 6.45) is -8.99. The molecule has 2 aromatic rings. The average molecular weight is 413 g/mol. The van der Waals surface area contributed by atoms with Crippen molar-refractivity contribution in [3.63, 3.8) is 0 Å². The van der Waals surface area contributed by atoms with Gasteiger partial charge in [0.2, 0.25) is 5.95 Å². The SMILES string of the molecule is CC[C@H](C)Nc1nc(Nc2c(Cl)cccc2C(F)(F)F)cc(C(F)(F)F)n1. The van der Waals surface area contributed by atoms with Crippen LogP contribution in [0.4, 0.5) is 43.8 Å². The molecule has 0 bridgehead atoms. The molecule has 0 saturated carbocycles. The lowest BCUT2D eigenvalue weighted by Crippen LogP contribution is -2.19. The van der Waals surface area contributed by atoms with Gasteiger partial charge < -0.3 is 10.6 Å². The van der Waals surface area contributed by atoms with Gasteiger partial charge in [0.05, 0.1) is 16.3 Å². The molecule has 0 radical (unpaired) electrons. The molecule has 0 fully saturated rings. The molecule has 1 atom stereocenters. The topological polar surface area (TPSA) is 49.8 Å². The van der Waals surface area contributed by atoms with E-state index in [1.165, 1.54) is 6.07 Å². The van der Waals surface area contributed by atoms with Crippen LogP contribution >= 0.6 is 11.6 Å². The van der Waals surface area contributed by atoms with E-state index in [1.54, 1.807) is 13.8 Å². The molecule has 0 aliphatic heterocycles. The van der Waals surface area contributed by atoms with Gasteiger partial charge in [-0.25, -0.2) is 4.98 Å². The van der Waals surface area contributed by atoms with Crippen LogP contribution in [0.3, 0.4) is 0 Å². The first-order valence-electron chi connectivity index (χ1n) is 7.77. The molecule has 2 rings (SSSR count). The lowest BCUT2D eigenvalue weighted by Gasteiger charge is -2.18. The summed E-state index contributed by atoms with van der Waals surface area (Å²) >= 11 is 5.82. The lowest BCUT2D eigenvalue weighted by atomic mass is 10.1. The molecule has 0 aliphatic carbocycles. The highest BCUT2D eigenvalue weighted by Gasteiger charge is 2.36. The van der Waals surface area contributed by atoms with Gasteiger partial charge in [-0.15, -0.1) is 0 Å². The number of alkyl halides is 6. The molecule has 0 unspecified atom stereocenters. The lowest BCUT2D eigenvalue weighted by molar-refractivity contribution is -0.141. The molecule has 4 nitrogen and oxygen atoms in total. The molecule has 2 N–H and O–H groups in total. The molecule has 0 aliphatic rings. The number of hydrogen-bond acceptors (Lipinski definition) is 4. The second kappa shape index (κ2) is 7.79. The predicted octanol–water partition coefficient (Wildman–Crippen LogP) is 6.12. The average Bonchev–Trinajstić information content (AvgIpc) is 2.54. The zero-order valence-corrected chi connectivity index (χ0v) is 14.9. The number of halogens is 7. The summed E-state index contributed by atoms with van der Waals surface area (Å²) in [5, 5.41) is 4.61. The standard InChI is InChI=1S/C16H15ClF6N4/c1-3-8(2)24-14-25-11(16(21,22)23)7-12(27-14)26-13-9(15(18,19)20)5-4-6-10(13)17/h4-8H,3H2,1-2H3,(H2,24,25,26,27)/t8-/m0/s1. The van der Waals surface area contributed by atoms with Crippen molar-refractivity contribution in [3.05, 3.63) is 40.5 Å². The highest BCUT2D eigenvalue weighted by atomic mass is 35.5. The maximum absolute atomic E-state index is 13.2. The summed E-state index contributed by atoms with van der Waals surface area (Å²) in [6.45, 7) is 3.50. The van der Waals surface area contributed by atoms with E-state index in [-0.39, 0.29) is 17.0 Å². The fourth-order valence-corrected chi connectivity index (χ4v) is 2.28. The van der Waals surface area contributed by atoms with Crippen LogP contribution in [0.15, 0.2) is 24.3 Å². The van der Waals surface area contributed by atoms with Crippen LogP contribution in [0, 0.1) is 0 Å². The van der Waals surface area contributed by atoms with E-state index in [2.05, 4.69) is 20.6 Å². The van der Waals surface area contributed by atoms with Gasteiger partial charge in [0.1, 0.15) is 5.82 Å². The fourth-order valence-electron chi connectivity index (χ4n) is 2.06. The van der Waals surface area contributed by atoms with E-state index in [0.717, 1.165) is 12.1 Å². The van der Waals surface area contributed by atoms with Gasteiger partial charge in [-0.3, -0.25) is 0 Å². The van der Waals surface area contributed by atoms with Gasteiger partial charge in [0.25, 0.3) is 0 Å². The monoisotopic (exact) mass is 412 g/mol. The summed E-state index contributed by atoms with van der Waals surface area (Å²) in [7, 11) is 0. The molecule has 0 saturated heterocycles. The van der Waals surface area contributed by atoms with Crippen molar-refractivity contribution in [2.45, 2.75) is 38.7 Å². The van der Waals surface area contributed by atoms with E-state index >= 15 is 0 Å². The number of benzene rings is 1. The Bertz CT molecular complexity index is 806. The van der Waals surface area contributed by atoms with Gasteiger partial charge in [0.15, 0.2) is 5.69 Å². The molecule has 148 valence electrons. The van der Waals surface area contributed by atoms with E-state index in [0.29, 0.717) is 12.5 Å². The Hall–Kier alpha value is -2.23. The fraction of sp³-hybridized carbons (Fsp3) is 0.375. The van der Waals surface area contributed by atoms with Crippen molar-refractivity contribution in [3.8, 4) is 0 Å².